The normalized spacial score (nSPS) is 11.6. The number of hydrogen-bond donors (Lipinski definition) is 0. The Kier molecular flexibility index (Phi) is 3.51. The fourth-order valence-corrected chi connectivity index (χ4v) is 5.09. The summed E-state index contributed by atoms with van der Waals surface area (Å²) in [6.07, 6.45) is 0. The molecule has 0 heterocycles. The lowest BCUT2D eigenvalue weighted by Gasteiger charge is -2.09. The molecule has 0 aliphatic carbocycles. The van der Waals surface area contributed by atoms with Gasteiger partial charge in [0.1, 0.15) is 0 Å². The van der Waals surface area contributed by atoms with E-state index < -0.39 is 19.1 Å². The Hall–Kier alpha value is -1.30. The molecule has 5 heteroatoms. The molecule has 2 aromatic carbocycles. The van der Waals surface area contributed by atoms with Crippen LogP contribution in [0.25, 0.3) is 0 Å². The lowest BCUT2D eigenvalue weighted by atomic mass is 10.4. The Bertz CT molecular complexity index is 540. The van der Waals surface area contributed by atoms with Gasteiger partial charge in [-0.1, -0.05) is 36.4 Å². The molecule has 3 nitrogen and oxygen atoms in total. The topological polar surface area (TPSA) is 57.2 Å². The first-order valence-corrected chi connectivity index (χ1v) is 8.05. The van der Waals surface area contributed by atoms with Gasteiger partial charge in [-0.15, -0.1) is 0 Å². The Morgan fingerprint density at radius 1 is 0.765 bits per heavy atom. The van der Waals surface area contributed by atoms with Gasteiger partial charge < -0.3 is 4.55 Å². The molecule has 0 aliphatic rings. The maximum atomic E-state index is 11.4. The monoisotopic (exact) mass is 266 g/mol. The quantitative estimate of drug-likeness (QED) is 0.486. The summed E-state index contributed by atoms with van der Waals surface area (Å²) in [6.45, 7) is 0. The molecule has 0 aliphatic heterocycles. The van der Waals surface area contributed by atoms with Gasteiger partial charge in [0, 0.05) is 0 Å². The third kappa shape index (κ3) is 2.88. The molecule has 0 bridgehead atoms. The average Bonchev–Trinajstić information content (AvgIpc) is 2.30. The minimum atomic E-state index is -4.39. The van der Waals surface area contributed by atoms with Crippen molar-refractivity contribution in [1.29, 1.82) is 0 Å². The largest absolute Gasteiger partial charge is 0.706 e. The molecule has 0 saturated carbocycles. The van der Waals surface area contributed by atoms with Crippen LogP contribution in [0.4, 0.5) is 0 Å². The van der Waals surface area contributed by atoms with E-state index in [1.165, 1.54) is 0 Å². The summed E-state index contributed by atoms with van der Waals surface area (Å²) < 4.78 is 34.2. The molecule has 0 atom stereocenters. The molecule has 0 saturated heterocycles. The third-order valence-corrected chi connectivity index (χ3v) is 6.31. The standard InChI is InChI=1S/C12H10O3S2/c13-17(14,15)16(11-7-3-1-4-8-11)12-9-5-2-6-10-12/h1-10H. The van der Waals surface area contributed by atoms with Crippen LogP contribution in [0.2, 0.25) is 0 Å². The molecule has 0 unspecified atom stereocenters. The van der Waals surface area contributed by atoms with Gasteiger partial charge >= 0.3 is 0 Å². The van der Waals surface area contributed by atoms with E-state index in [0.717, 1.165) is 0 Å². The van der Waals surface area contributed by atoms with Gasteiger partial charge in [-0.25, -0.2) is 0 Å². The number of benzene rings is 2. The predicted molar refractivity (Wildman–Crippen MR) is 66.5 cm³/mol. The summed E-state index contributed by atoms with van der Waals surface area (Å²) in [6, 6.07) is 17.1. The van der Waals surface area contributed by atoms with Crippen LogP contribution in [-0.2, 0) is 19.1 Å². The zero-order valence-corrected chi connectivity index (χ0v) is 10.4. The van der Waals surface area contributed by atoms with Crippen molar-refractivity contribution in [3.63, 3.8) is 0 Å². The molecule has 88 valence electrons. The summed E-state index contributed by atoms with van der Waals surface area (Å²) in [5.74, 6) is 0. The Labute approximate surface area is 103 Å². The zero-order chi connectivity index (χ0) is 12.3. The molecule has 0 amide bonds. The highest BCUT2D eigenvalue weighted by Gasteiger charge is 2.32. The van der Waals surface area contributed by atoms with Crippen LogP contribution in [0.5, 0.6) is 0 Å². The van der Waals surface area contributed by atoms with Gasteiger partial charge in [0.2, 0.25) is 0 Å². The second-order valence-electron chi connectivity index (χ2n) is 3.30. The molecule has 2 aromatic rings. The first-order valence-electron chi connectivity index (χ1n) is 4.90. The maximum Gasteiger partial charge on any atom is 0.283 e. The van der Waals surface area contributed by atoms with Crippen molar-refractivity contribution in [2.75, 3.05) is 0 Å². The Morgan fingerprint density at radius 3 is 1.41 bits per heavy atom. The summed E-state index contributed by atoms with van der Waals surface area (Å²) in [4.78, 5) is 1.04. The third-order valence-electron chi connectivity index (χ3n) is 2.12. The highest BCUT2D eigenvalue weighted by molar-refractivity contribution is 8.67. The van der Waals surface area contributed by atoms with Crippen LogP contribution in [-0.4, -0.2) is 13.0 Å². The lowest BCUT2D eigenvalue weighted by molar-refractivity contribution is 0.481. The second kappa shape index (κ2) is 4.91. The highest BCUT2D eigenvalue weighted by Crippen LogP contribution is 2.27. The minimum Gasteiger partial charge on any atom is -0.706 e. The van der Waals surface area contributed by atoms with Gasteiger partial charge in [0.05, 0.1) is 0 Å². The van der Waals surface area contributed by atoms with Crippen molar-refractivity contribution < 1.29 is 13.0 Å². The molecular formula is C12H10O3S2. The zero-order valence-electron chi connectivity index (χ0n) is 8.81. The molecule has 2 rings (SSSR count). The van der Waals surface area contributed by atoms with Crippen LogP contribution in [0.3, 0.4) is 0 Å². The van der Waals surface area contributed by atoms with E-state index in [1.807, 2.05) is 0 Å². The average molecular weight is 266 g/mol. The smallest absolute Gasteiger partial charge is 0.283 e. The highest BCUT2D eigenvalue weighted by atomic mass is 33.2. The summed E-state index contributed by atoms with van der Waals surface area (Å²) in [5.41, 5.74) is 0. The Morgan fingerprint density at radius 2 is 1.12 bits per heavy atom. The van der Waals surface area contributed by atoms with Crippen LogP contribution >= 0.6 is 0 Å². The van der Waals surface area contributed by atoms with Crippen molar-refractivity contribution in [3.8, 4) is 0 Å². The van der Waals surface area contributed by atoms with Gasteiger partial charge in [0.25, 0.3) is 9.15 Å². The summed E-state index contributed by atoms with van der Waals surface area (Å²) in [7, 11) is -5.85. The lowest BCUT2D eigenvalue weighted by Crippen LogP contribution is -2.16. The molecule has 0 spiro atoms. The molecular weight excluding hydrogens is 256 g/mol. The fourth-order valence-electron chi connectivity index (χ4n) is 1.46. The van der Waals surface area contributed by atoms with Crippen LogP contribution in [0, 0.1) is 0 Å². The van der Waals surface area contributed by atoms with E-state index in [4.69, 9.17) is 0 Å². The number of rotatable bonds is 3. The van der Waals surface area contributed by atoms with Gasteiger partial charge in [-0.2, -0.15) is 8.42 Å². The van der Waals surface area contributed by atoms with Gasteiger partial charge in [-0.3, -0.25) is 0 Å². The first kappa shape index (κ1) is 12.2. The van der Waals surface area contributed by atoms with E-state index in [1.54, 1.807) is 60.7 Å². The minimum absolute atomic E-state index is 0.522. The number of hydrogen-bond acceptors (Lipinski definition) is 3. The van der Waals surface area contributed by atoms with Crippen molar-refractivity contribution in [2.45, 2.75) is 9.79 Å². The van der Waals surface area contributed by atoms with Crippen LogP contribution in [0.15, 0.2) is 70.5 Å². The van der Waals surface area contributed by atoms with Gasteiger partial charge in [-0.05, 0) is 24.3 Å². The SMILES string of the molecule is O=S(=O)([O-])[S+](c1ccccc1)c1ccccc1. The van der Waals surface area contributed by atoms with Crippen molar-refractivity contribution in [3.05, 3.63) is 60.7 Å². The molecule has 0 radical (unpaired) electrons. The van der Waals surface area contributed by atoms with Gasteiger partial charge in [0.15, 0.2) is 19.7 Å². The van der Waals surface area contributed by atoms with Crippen LogP contribution in [0.1, 0.15) is 0 Å². The molecule has 0 fully saturated rings. The van der Waals surface area contributed by atoms with E-state index in [9.17, 15) is 13.0 Å². The van der Waals surface area contributed by atoms with E-state index in [-0.39, 0.29) is 0 Å². The molecule has 0 aromatic heterocycles. The summed E-state index contributed by atoms with van der Waals surface area (Å²) >= 11 is 0. The summed E-state index contributed by atoms with van der Waals surface area (Å²) in [5, 5.41) is 0. The second-order valence-corrected chi connectivity index (χ2v) is 7.82. The maximum absolute atomic E-state index is 11.4. The van der Waals surface area contributed by atoms with E-state index in [2.05, 4.69) is 0 Å². The Balaban J connectivity index is 2.56. The van der Waals surface area contributed by atoms with Crippen molar-refractivity contribution in [1.82, 2.24) is 0 Å². The van der Waals surface area contributed by atoms with Crippen molar-refractivity contribution in [2.24, 2.45) is 0 Å². The van der Waals surface area contributed by atoms with Crippen LogP contribution < -0.4 is 0 Å². The predicted octanol–water partition coefficient (Wildman–Crippen LogP) is 2.18. The van der Waals surface area contributed by atoms with E-state index in [0.29, 0.717) is 9.79 Å². The first-order chi connectivity index (χ1) is 8.09. The molecule has 17 heavy (non-hydrogen) atoms. The van der Waals surface area contributed by atoms with Crippen molar-refractivity contribution >= 4 is 19.1 Å². The fraction of sp³-hybridized carbons (Fsp3) is 0. The van der Waals surface area contributed by atoms with E-state index >= 15 is 0 Å². The molecule has 0 N–H and O–H groups in total.